The third-order valence-corrected chi connectivity index (χ3v) is 9.36. The molecule has 0 aliphatic rings. The fourth-order valence-corrected chi connectivity index (χ4v) is 7.95. The molecule has 5 aromatic rings. The van der Waals surface area contributed by atoms with Gasteiger partial charge in [0.25, 0.3) is 0 Å². The van der Waals surface area contributed by atoms with Crippen molar-refractivity contribution in [2.24, 2.45) is 0 Å². The van der Waals surface area contributed by atoms with E-state index < -0.39 is 8.56 Å². The highest BCUT2D eigenvalue weighted by Crippen LogP contribution is 2.34. The van der Waals surface area contributed by atoms with Crippen LogP contribution in [0.4, 0.5) is 0 Å². The van der Waals surface area contributed by atoms with Crippen LogP contribution < -0.4 is 10.4 Å². The maximum Gasteiger partial charge on any atom is 0.407 e. The summed E-state index contributed by atoms with van der Waals surface area (Å²) in [7, 11) is -2.84. The normalized spacial score (nSPS) is 12.3. The summed E-state index contributed by atoms with van der Waals surface area (Å²) in [5, 5.41) is 10.0. The third-order valence-electron chi connectivity index (χ3n) is 5.73. The van der Waals surface area contributed by atoms with Gasteiger partial charge in [0.05, 0.1) is 0 Å². The van der Waals surface area contributed by atoms with Gasteiger partial charge in [-0.15, -0.1) is 0 Å². The maximum absolute atomic E-state index is 6.55. The zero-order chi connectivity index (χ0) is 19.8. The standard InChI is InChI=1S/C26H24O2Si/c1-3-27-29(28-4-2,22-11-6-5-7-12-22)24-18-16-21-14-13-19-9-8-10-20-15-17-23(24)26(21)25(19)20/h5-18H,3-4H2,1-2H3. The molecular weight excluding hydrogens is 372 g/mol. The van der Waals surface area contributed by atoms with Crippen LogP contribution in [0.1, 0.15) is 13.8 Å². The molecule has 0 spiro atoms. The van der Waals surface area contributed by atoms with Gasteiger partial charge >= 0.3 is 8.56 Å². The Morgan fingerprint density at radius 2 is 1.17 bits per heavy atom. The van der Waals surface area contributed by atoms with E-state index in [9.17, 15) is 0 Å². The van der Waals surface area contributed by atoms with Gasteiger partial charge in [-0.2, -0.15) is 0 Å². The lowest BCUT2D eigenvalue weighted by molar-refractivity contribution is 0.209. The SMILES string of the molecule is CCO[Si](OCC)(c1ccccc1)c1ccc2ccc3cccc4ccc1c2c34. The number of benzene rings is 5. The summed E-state index contributed by atoms with van der Waals surface area (Å²) >= 11 is 0. The zero-order valence-corrected chi connectivity index (χ0v) is 17.8. The summed E-state index contributed by atoms with van der Waals surface area (Å²) in [6, 6.07) is 30.4. The fourth-order valence-electron chi connectivity index (χ4n) is 4.61. The average Bonchev–Trinajstić information content (AvgIpc) is 2.78. The minimum atomic E-state index is -2.84. The Morgan fingerprint density at radius 1 is 0.586 bits per heavy atom. The molecule has 0 bridgehead atoms. The second-order valence-corrected chi connectivity index (χ2v) is 10.2. The first-order chi connectivity index (χ1) is 14.3. The van der Waals surface area contributed by atoms with Crippen LogP contribution in [0.15, 0.2) is 84.9 Å². The first-order valence-corrected chi connectivity index (χ1v) is 12.1. The van der Waals surface area contributed by atoms with E-state index in [-0.39, 0.29) is 0 Å². The molecule has 0 aliphatic heterocycles. The lowest BCUT2D eigenvalue weighted by Gasteiger charge is -2.32. The molecule has 0 N–H and O–H groups in total. The minimum absolute atomic E-state index is 0.614. The summed E-state index contributed by atoms with van der Waals surface area (Å²) < 4.78 is 13.1. The molecule has 29 heavy (non-hydrogen) atoms. The average molecular weight is 397 g/mol. The van der Waals surface area contributed by atoms with Crippen molar-refractivity contribution in [1.82, 2.24) is 0 Å². The van der Waals surface area contributed by atoms with Crippen LogP contribution in [0.25, 0.3) is 32.3 Å². The van der Waals surface area contributed by atoms with Crippen molar-refractivity contribution >= 4 is 51.3 Å². The Balaban J connectivity index is 1.90. The molecule has 0 amide bonds. The maximum atomic E-state index is 6.55. The van der Waals surface area contributed by atoms with E-state index in [0.29, 0.717) is 13.2 Å². The second kappa shape index (κ2) is 7.27. The summed E-state index contributed by atoms with van der Waals surface area (Å²) in [6.45, 7) is 5.34. The van der Waals surface area contributed by atoms with Gasteiger partial charge in [-0.1, -0.05) is 84.9 Å². The van der Waals surface area contributed by atoms with E-state index in [1.807, 2.05) is 6.07 Å². The molecule has 3 heteroatoms. The molecule has 0 radical (unpaired) electrons. The Kier molecular flexibility index (Phi) is 4.59. The third kappa shape index (κ3) is 2.77. The van der Waals surface area contributed by atoms with Gasteiger partial charge in [0, 0.05) is 18.4 Å². The summed E-state index contributed by atoms with van der Waals surface area (Å²) in [4.78, 5) is 0. The van der Waals surface area contributed by atoms with Crippen molar-refractivity contribution < 1.29 is 8.85 Å². The molecule has 0 saturated heterocycles. The van der Waals surface area contributed by atoms with E-state index >= 15 is 0 Å². The molecule has 0 fully saturated rings. The number of hydrogen-bond acceptors (Lipinski definition) is 2. The Hall–Kier alpha value is -2.72. The van der Waals surface area contributed by atoms with E-state index in [1.165, 1.54) is 37.5 Å². The van der Waals surface area contributed by atoms with Crippen LogP contribution in [0, 0.1) is 0 Å². The van der Waals surface area contributed by atoms with Gasteiger partial charge in [0.1, 0.15) is 0 Å². The van der Waals surface area contributed by atoms with E-state index in [4.69, 9.17) is 8.85 Å². The van der Waals surface area contributed by atoms with Crippen LogP contribution in [-0.2, 0) is 8.85 Å². The van der Waals surface area contributed by atoms with Crippen molar-refractivity contribution in [2.45, 2.75) is 13.8 Å². The van der Waals surface area contributed by atoms with Crippen molar-refractivity contribution in [2.75, 3.05) is 13.2 Å². The van der Waals surface area contributed by atoms with Crippen molar-refractivity contribution in [3.63, 3.8) is 0 Å². The second-order valence-electron chi connectivity index (χ2n) is 7.32. The molecule has 5 rings (SSSR count). The van der Waals surface area contributed by atoms with Crippen molar-refractivity contribution in [3.05, 3.63) is 84.9 Å². The first kappa shape index (κ1) is 18.3. The van der Waals surface area contributed by atoms with Crippen LogP contribution >= 0.6 is 0 Å². The predicted octanol–water partition coefficient (Wildman–Crippen LogP) is 5.21. The first-order valence-electron chi connectivity index (χ1n) is 10.3. The molecule has 0 heterocycles. The smallest absolute Gasteiger partial charge is 0.388 e. The molecule has 0 unspecified atom stereocenters. The molecule has 0 saturated carbocycles. The van der Waals surface area contributed by atoms with Gasteiger partial charge in [-0.25, -0.2) is 0 Å². The van der Waals surface area contributed by atoms with E-state index in [2.05, 4.69) is 92.7 Å². The van der Waals surface area contributed by atoms with Crippen LogP contribution in [0.5, 0.6) is 0 Å². The van der Waals surface area contributed by atoms with Crippen LogP contribution in [0.2, 0.25) is 0 Å². The quantitative estimate of drug-likeness (QED) is 0.290. The summed E-state index contributed by atoms with van der Waals surface area (Å²) in [5.74, 6) is 0. The highest BCUT2D eigenvalue weighted by atomic mass is 28.4. The molecule has 144 valence electrons. The largest absolute Gasteiger partial charge is 0.407 e. The van der Waals surface area contributed by atoms with Crippen molar-refractivity contribution in [1.29, 1.82) is 0 Å². The van der Waals surface area contributed by atoms with Gasteiger partial charge in [0.2, 0.25) is 0 Å². The number of rotatable bonds is 6. The highest BCUT2D eigenvalue weighted by molar-refractivity contribution is 6.94. The van der Waals surface area contributed by atoms with Crippen LogP contribution in [-0.4, -0.2) is 21.8 Å². The topological polar surface area (TPSA) is 18.5 Å². The van der Waals surface area contributed by atoms with Gasteiger partial charge in [-0.05, 0) is 51.4 Å². The minimum Gasteiger partial charge on any atom is -0.388 e. The molecular formula is C26H24O2Si. The fraction of sp³-hybridized carbons (Fsp3) is 0.154. The summed E-state index contributed by atoms with van der Waals surface area (Å²) in [5.41, 5.74) is 0. The van der Waals surface area contributed by atoms with Crippen LogP contribution in [0.3, 0.4) is 0 Å². The monoisotopic (exact) mass is 396 g/mol. The van der Waals surface area contributed by atoms with Crippen molar-refractivity contribution in [3.8, 4) is 0 Å². The Bertz CT molecular complexity index is 1260. The lowest BCUT2D eigenvalue weighted by Crippen LogP contribution is -2.63. The summed E-state index contributed by atoms with van der Waals surface area (Å²) in [6.07, 6.45) is 0. The molecule has 0 aromatic heterocycles. The molecule has 2 nitrogen and oxygen atoms in total. The zero-order valence-electron chi connectivity index (χ0n) is 16.8. The highest BCUT2D eigenvalue weighted by Gasteiger charge is 2.43. The van der Waals surface area contributed by atoms with Gasteiger partial charge in [0.15, 0.2) is 0 Å². The molecule has 5 aromatic carbocycles. The van der Waals surface area contributed by atoms with E-state index in [1.54, 1.807) is 0 Å². The van der Waals surface area contributed by atoms with Gasteiger partial charge < -0.3 is 8.85 Å². The van der Waals surface area contributed by atoms with E-state index in [0.717, 1.165) is 5.19 Å². The lowest BCUT2D eigenvalue weighted by atomic mass is 9.94. The Morgan fingerprint density at radius 3 is 1.83 bits per heavy atom. The number of hydrogen-bond donors (Lipinski definition) is 0. The van der Waals surface area contributed by atoms with Gasteiger partial charge in [-0.3, -0.25) is 0 Å². The molecule has 0 atom stereocenters. The predicted molar refractivity (Wildman–Crippen MR) is 125 cm³/mol. The Labute approximate surface area is 172 Å². The molecule has 0 aliphatic carbocycles.